The first-order chi connectivity index (χ1) is 13.0. The third-order valence-electron chi connectivity index (χ3n) is 4.68. The molecule has 0 N–H and O–H groups in total. The highest BCUT2D eigenvalue weighted by Gasteiger charge is 2.28. The third kappa shape index (κ3) is 3.43. The number of fused-ring (bicyclic) bond motifs is 2. The molecule has 1 aromatic heterocycles. The third-order valence-corrected chi connectivity index (χ3v) is 5.01. The fraction of sp³-hybridized carbons (Fsp3) is 0.238. The molecule has 1 aliphatic rings. The van der Waals surface area contributed by atoms with Gasteiger partial charge in [-0.25, -0.2) is 9.78 Å². The summed E-state index contributed by atoms with van der Waals surface area (Å²) in [6.45, 7) is 4.18. The number of esters is 1. The molecule has 0 aliphatic carbocycles. The van der Waals surface area contributed by atoms with Crippen molar-refractivity contribution >= 4 is 28.5 Å². The minimum Gasteiger partial charge on any atom is -0.485 e. The van der Waals surface area contributed by atoms with Gasteiger partial charge in [0.1, 0.15) is 18.4 Å². The van der Waals surface area contributed by atoms with Crippen LogP contribution in [0.5, 0.6) is 11.5 Å². The summed E-state index contributed by atoms with van der Waals surface area (Å²) < 4.78 is 16.6. The van der Waals surface area contributed by atoms with Gasteiger partial charge in [0, 0.05) is 10.9 Å². The molecule has 0 bridgehead atoms. The molecule has 0 unspecified atom stereocenters. The lowest BCUT2D eigenvalue weighted by atomic mass is 10.0. The summed E-state index contributed by atoms with van der Waals surface area (Å²) in [5.41, 5.74) is 3.75. The first-order valence-corrected chi connectivity index (χ1v) is 9.01. The van der Waals surface area contributed by atoms with E-state index in [1.54, 1.807) is 12.1 Å². The van der Waals surface area contributed by atoms with Crippen molar-refractivity contribution in [2.24, 2.45) is 0 Å². The van der Waals surface area contributed by atoms with Crippen LogP contribution < -0.4 is 9.47 Å². The van der Waals surface area contributed by atoms with Crippen molar-refractivity contribution in [2.45, 2.75) is 26.6 Å². The average Bonchev–Trinajstić information content (AvgIpc) is 2.69. The van der Waals surface area contributed by atoms with Crippen LogP contribution in [0, 0.1) is 13.8 Å². The highest BCUT2D eigenvalue weighted by molar-refractivity contribution is 6.30. The minimum absolute atomic E-state index is 0.0229. The van der Waals surface area contributed by atoms with Gasteiger partial charge in [-0.2, -0.15) is 0 Å². The molecule has 1 atom stereocenters. The van der Waals surface area contributed by atoms with Crippen molar-refractivity contribution < 1.29 is 19.0 Å². The Hall–Kier alpha value is -2.79. The molecule has 2 aromatic carbocycles. The molecule has 3 aromatic rings. The normalized spacial score (nSPS) is 15.6. The summed E-state index contributed by atoms with van der Waals surface area (Å²) in [4.78, 5) is 16.8. The van der Waals surface area contributed by atoms with Gasteiger partial charge in [0.25, 0.3) is 0 Å². The van der Waals surface area contributed by atoms with Crippen LogP contribution >= 0.6 is 11.6 Å². The first kappa shape index (κ1) is 17.6. The molecule has 0 saturated heterocycles. The molecule has 0 spiro atoms. The lowest BCUT2D eigenvalue weighted by Gasteiger charge is -2.25. The molecule has 5 nitrogen and oxygen atoms in total. The number of carbonyl (C=O) groups is 1. The van der Waals surface area contributed by atoms with Gasteiger partial charge in [0.05, 0.1) is 5.52 Å². The number of hydrogen-bond donors (Lipinski definition) is 0. The second-order valence-corrected chi connectivity index (χ2v) is 6.85. The van der Waals surface area contributed by atoms with Crippen molar-refractivity contribution in [3.05, 3.63) is 64.3 Å². The van der Waals surface area contributed by atoms with E-state index in [-0.39, 0.29) is 13.2 Å². The van der Waals surface area contributed by atoms with Gasteiger partial charge in [0.15, 0.2) is 11.5 Å². The van der Waals surface area contributed by atoms with Gasteiger partial charge >= 0.3 is 5.97 Å². The van der Waals surface area contributed by atoms with Crippen molar-refractivity contribution in [2.75, 3.05) is 6.61 Å². The van der Waals surface area contributed by atoms with Gasteiger partial charge in [0.2, 0.25) is 6.10 Å². The molecular formula is C21H18ClNO4. The van der Waals surface area contributed by atoms with Crippen LogP contribution in [0.15, 0.2) is 42.5 Å². The van der Waals surface area contributed by atoms with Crippen molar-refractivity contribution in [3.63, 3.8) is 0 Å². The quantitative estimate of drug-likeness (QED) is 0.496. The number of halogens is 1. The zero-order valence-corrected chi connectivity index (χ0v) is 15.7. The SMILES string of the molecule is Cc1ccc2cc(COC(=O)[C@H]3COc4ccccc4O3)c(Cl)nc2c1C. The number of para-hydroxylation sites is 2. The lowest BCUT2D eigenvalue weighted by Crippen LogP contribution is -2.37. The molecular weight excluding hydrogens is 366 g/mol. The molecule has 2 heterocycles. The number of carbonyl (C=O) groups excluding carboxylic acids is 1. The van der Waals surface area contributed by atoms with Crippen molar-refractivity contribution in [1.82, 2.24) is 4.98 Å². The second-order valence-electron chi connectivity index (χ2n) is 6.49. The van der Waals surface area contributed by atoms with Crippen LogP contribution in [-0.2, 0) is 16.1 Å². The molecule has 0 fully saturated rings. The second kappa shape index (κ2) is 7.08. The Labute approximate surface area is 161 Å². The van der Waals surface area contributed by atoms with E-state index < -0.39 is 12.1 Å². The van der Waals surface area contributed by atoms with Gasteiger partial charge in [-0.1, -0.05) is 35.9 Å². The van der Waals surface area contributed by atoms with Gasteiger partial charge in [-0.3, -0.25) is 0 Å². The van der Waals surface area contributed by atoms with Crippen LogP contribution in [0.4, 0.5) is 0 Å². The number of pyridine rings is 1. The summed E-state index contributed by atoms with van der Waals surface area (Å²) in [5.74, 6) is 0.650. The average molecular weight is 384 g/mol. The van der Waals surface area contributed by atoms with E-state index in [2.05, 4.69) is 4.98 Å². The Morgan fingerprint density at radius 3 is 2.81 bits per heavy atom. The smallest absolute Gasteiger partial charge is 0.351 e. The van der Waals surface area contributed by atoms with E-state index in [1.807, 2.05) is 44.2 Å². The maximum absolute atomic E-state index is 12.4. The number of ether oxygens (including phenoxy) is 3. The summed E-state index contributed by atoms with van der Waals surface area (Å²) in [6.07, 6.45) is -0.808. The number of hydrogen-bond acceptors (Lipinski definition) is 5. The van der Waals surface area contributed by atoms with E-state index in [0.717, 1.165) is 22.0 Å². The topological polar surface area (TPSA) is 57.7 Å². The maximum atomic E-state index is 12.4. The van der Waals surface area contributed by atoms with Crippen molar-refractivity contribution in [1.29, 1.82) is 0 Å². The number of nitrogens with zero attached hydrogens (tertiary/aromatic N) is 1. The predicted molar refractivity (Wildman–Crippen MR) is 102 cm³/mol. The van der Waals surface area contributed by atoms with E-state index in [4.69, 9.17) is 25.8 Å². The summed E-state index contributed by atoms with van der Waals surface area (Å²) in [6, 6.07) is 13.1. The minimum atomic E-state index is -0.808. The largest absolute Gasteiger partial charge is 0.485 e. The molecule has 27 heavy (non-hydrogen) atoms. The van der Waals surface area contributed by atoms with Crippen LogP contribution in [-0.4, -0.2) is 23.7 Å². The number of aromatic nitrogens is 1. The molecule has 0 radical (unpaired) electrons. The van der Waals surface area contributed by atoms with E-state index in [0.29, 0.717) is 22.2 Å². The molecule has 0 amide bonds. The molecule has 4 rings (SSSR count). The Bertz CT molecular complexity index is 1030. The fourth-order valence-corrected chi connectivity index (χ4v) is 3.18. The van der Waals surface area contributed by atoms with Crippen LogP contribution in [0.1, 0.15) is 16.7 Å². The van der Waals surface area contributed by atoms with Crippen LogP contribution in [0.2, 0.25) is 5.15 Å². The Morgan fingerprint density at radius 2 is 2.00 bits per heavy atom. The van der Waals surface area contributed by atoms with E-state index in [1.165, 1.54) is 0 Å². The fourth-order valence-electron chi connectivity index (χ4n) is 2.98. The standard InChI is InChI=1S/C21H18ClNO4/c1-12-7-8-14-9-15(20(22)23-19(14)13(12)2)10-26-21(24)18-11-25-16-5-3-4-6-17(16)27-18/h3-9,18H,10-11H2,1-2H3/t18-/m1/s1. The number of benzene rings is 2. The lowest BCUT2D eigenvalue weighted by molar-refractivity contribution is -0.155. The Morgan fingerprint density at radius 1 is 1.22 bits per heavy atom. The zero-order valence-electron chi connectivity index (χ0n) is 15.0. The Balaban J connectivity index is 1.48. The molecule has 6 heteroatoms. The monoisotopic (exact) mass is 383 g/mol. The highest BCUT2D eigenvalue weighted by atomic mass is 35.5. The number of aryl methyl sites for hydroxylation is 2. The highest BCUT2D eigenvalue weighted by Crippen LogP contribution is 2.31. The summed E-state index contributed by atoms with van der Waals surface area (Å²) >= 11 is 6.31. The van der Waals surface area contributed by atoms with Gasteiger partial charge in [-0.05, 0) is 43.2 Å². The first-order valence-electron chi connectivity index (χ1n) is 8.63. The molecule has 1 aliphatic heterocycles. The van der Waals surface area contributed by atoms with Crippen molar-refractivity contribution in [3.8, 4) is 11.5 Å². The van der Waals surface area contributed by atoms with Gasteiger partial charge in [-0.15, -0.1) is 0 Å². The van der Waals surface area contributed by atoms with E-state index in [9.17, 15) is 4.79 Å². The molecule has 0 saturated carbocycles. The van der Waals surface area contributed by atoms with Crippen LogP contribution in [0.3, 0.4) is 0 Å². The predicted octanol–water partition coefficient (Wildman–Crippen LogP) is 4.39. The zero-order chi connectivity index (χ0) is 19.0. The van der Waals surface area contributed by atoms with Crippen LogP contribution in [0.25, 0.3) is 10.9 Å². The summed E-state index contributed by atoms with van der Waals surface area (Å²) in [7, 11) is 0. The maximum Gasteiger partial charge on any atom is 0.351 e. The molecule has 138 valence electrons. The van der Waals surface area contributed by atoms with E-state index >= 15 is 0 Å². The Kier molecular flexibility index (Phi) is 4.62. The number of rotatable bonds is 3. The van der Waals surface area contributed by atoms with Gasteiger partial charge < -0.3 is 14.2 Å². The summed E-state index contributed by atoms with van der Waals surface area (Å²) in [5, 5.41) is 1.29.